The highest BCUT2D eigenvalue weighted by Crippen LogP contribution is 2.26. The highest BCUT2D eigenvalue weighted by atomic mass is 16.5. The maximum absolute atomic E-state index is 11.8. The summed E-state index contributed by atoms with van der Waals surface area (Å²) in [6, 6.07) is 12.0. The SMILES string of the molecule is COc1cc(/C=C/C(=O)OCC(=O)Nc2cccc(C)c2)ccc1O. The average Bonchev–Trinajstić information content (AvgIpc) is 2.59. The van der Waals surface area contributed by atoms with E-state index in [2.05, 4.69) is 5.32 Å². The number of esters is 1. The number of benzene rings is 2. The summed E-state index contributed by atoms with van der Waals surface area (Å²) in [5.74, 6) is -0.756. The van der Waals surface area contributed by atoms with Crippen LogP contribution in [0.2, 0.25) is 0 Å². The number of phenols is 1. The van der Waals surface area contributed by atoms with Crippen LogP contribution in [0.1, 0.15) is 11.1 Å². The van der Waals surface area contributed by atoms with Crippen LogP contribution in [0.3, 0.4) is 0 Å². The molecule has 6 heteroatoms. The van der Waals surface area contributed by atoms with Crippen LogP contribution in [0.15, 0.2) is 48.5 Å². The quantitative estimate of drug-likeness (QED) is 0.623. The van der Waals surface area contributed by atoms with Crippen molar-refractivity contribution in [2.24, 2.45) is 0 Å². The Morgan fingerprint density at radius 2 is 2.00 bits per heavy atom. The molecule has 0 heterocycles. The number of nitrogens with one attached hydrogen (secondary N) is 1. The number of aromatic hydroxyl groups is 1. The molecule has 25 heavy (non-hydrogen) atoms. The standard InChI is InChI=1S/C19H19NO5/c1-13-4-3-5-15(10-13)20-18(22)12-25-19(23)9-7-14-6-8-16(21)17(11-14)24-2/h3-11,21H,12H2,1-2H3,(H,20,22)/b9-7+. The maximum atomic E-state index is 11.8. The molecule has 2 rings (SSSR count). The van der Waals surface area contributed by atoms with Crippen molar-refractivity contribution in [3.05, 3.63) is 59.7 Å². The molecule has 0 bridgehead atoms. The van der Waals surface area contributed by atoms with Crippen LogP contribution in [0.25, 0.3) is 6.08 Å². The van der Waals surface area contributed by atoms with Gasteiger partial charge in [0, 0.05) is 11.8 Å². The van der Waals surface area contributed by atoms with E-state index in [4.69, 9.17) is 9.47 Å². The third-order valence-corrected chi connectivity index (χ3v) is 3.26. The number of ether oxygens (including phenoxy) is 2. The predicted molar refractivity (Wildman–Crippen MR) is 94.5 cm³/mol. The first-order valence-corrected chi connectivity index (χ1v) is 7.56. The summed E-state index contributed by atoms with van der Waals surface area (Å²) >= 11 is 0. The van der Waals surface area contributed by atoms with E-state index in [1.54, 1.807) is 18.2 Å². The molecule has 0 fully saturated rings. The largest absolute Gasteiger partial charge is 0.504 e. The van der Waals surface area contributed by atoms with Crippen molar-refractivity contribution < 1.29 is 24.2 Å². The molecular formula is C19H19NO5. The summed E-state index contributed by atoms with van der Waals surface area (Å²) in [6.07, 6.45) is 2.70. The lowest BCUT2D eigenvalue weighted by molar-refractivity contribution is -0.142. The number of rotatable bonds is 6. The molecule has 0 radical (unpaired) electrons. The van der Waals surface area contributed by atoms with Crippen molar-refractivity contribution in [2.75, 3.05) is 19.0 Å². The Bertz CT molecular complexity index is 798. The van der Waals surface area contributed by atoms with Gasteiger partial charge in [0.15, 0.2) is 18.1 Å². The molecule has 0 unspecified atom stereocenters. The Morgan fingerprint density at radius 3 is 2.72 bits per heavy atom. The Hall–Kier alpha value is -3.28. The van der Waals surface area contributed by atoms with Crippen LogP contribution >= 0.6 is 0 Å². The fourth-order valence-corrected chi connectivity index (χ4v) is 2.07. The fourth-order valence-electron chi connectivity index (χ4n) is 2.07. The number of carbonyl (C=O) groups is 2. The fraction of sp³-hybridized carbons (Fsp3) is 0.158. The molecule has 0 atom stereocenters. The van der Waals surface area contributed by atoms with Crippen molar-refractivity contribution in [1.29, 1.82) is 0 Å². The van der Waals surface area contributed by atoms with Gasteiger partial charge in [0.1, 0.15) is 0 Å². The number of phenolic OH excluding ortho intramolecular Hbond substituents is 1. The van der Waals surface area contributed by atoms with Crippen LogP contribution in [-0.2, 0) is 14.3 Å². The highest BCUT2D eigenvalue weighted by Gasteiger charge is 2.06. The first kappa shape index (κ1) is 18.1. The lowest BCUT2D eigenvalue weighted by Gasteiger charge is -2.06. The molecule has 2 aromatic rings. The molecule has 0 aliphatic heterocycles. The van der Waals surface area contributed by atoms with E-state index in [0.717, 1.165) is 5.56 Å². The molecule has 0 saturated carbocycles. The topological polar surface area (TPSA) is 84.9 Å². The van der Waals surface area contributed by atoms with Crippen molar-refractivity contribution in [1.82, 2.24) is 0 Å². The first-order valence-electron chi connectivity index (χ1n) is 7.56. The van der Waals surface area contributed by atoms with Crippen molar-refractivity contribution in [3.8, 4) is 11.5 Å². The van der Waals surface area contributed by atoms with Gasteiger partial charge in [0.05, 0.1) is 7.11 Å². The summed E-state index contributed by atoms with van der Waals surface area (Å²) in [5.41, 5.74) is 2.31. The van der Waals surface area contributed by atoms with Gasteiger partial charge in [-0.1, -0.05) is 18.2 Å². The summed E-state index contributed by atoms with van der Waals surface area (Å²) in [6.45, 7) is 1.54. The third kappa shape index (κ3) is 5.69. The number of hydrogen-bond donors (Lipinski definition) is 2. The van der Waals surface area contributed by atoms with E-state index >= 15 is 0 Å². The second-order valence-electron chi connectivity index (χ2n) is 5.29. The van der Waals surface area contributed by atoms with E-state index in [1.807, 2.05) is 25.1 Å². The second-order valence-corrected chi connectivity index (χ2v) is 5.29. The van der Waals surface area contributed by atoms with Gasteiger partial charge in [-0.25, -0.2) is 4.79 Å². The van der Waals surface area contributed by atoms with E-state index in [-0.39, 0.29) is 12.4 Å². The normalized spacial score (nSPS) is 10.5. The monoisotopic (exact) mass is 341 g/mol. The number of carbonyl (C=O) groups excluding carboxylic acids is 2. The molecule has 0 spiro atoms. The molecule has 1 amide bonds. The summed E-state index contributed by atoms with van der Waals surface area (Å²) in [5, 5.41) is 12.2. The molecule has 2 aromatic carbocycles. The van der Waals surface area contributed by atoms with Gasteiger partial charge in [-0.3, -0.25) is 4.79 Å². The number of anilines is 1. The Kier molecular flexibility index (Phi) is 6.17. The smallest absolute Gasteiger partial charge is 0.331 e. The predicted octanol–water partition coefficient (Wildman–Crippen LogP) is 2.90. The minimum atomic E-state index is -0.647. The van der Waals surface area contributed by atoms with Crippen molar-refractivity contribution >= 4 is 23.6 Å². The number of methoxy groups -OCH3 is 1. The zero-order chi connectivity index (χ0) is 18.2. The molecule has 0 aliphatic rings. The highest BCUT2D eigenvalue weighted by molar-refractivity contribution is 5.94. The molecule has 0 aliphatic carbocycles. The van der Waals surface area contributed by atoms with Gasteiger partial charge in [-0.05, 0) is 48.4 Å². The Labute approximate surface area is 145 Å². The Balaban J connectivity index is 1.84. The molecule has 0 saturated heterocycles. The molecule has 0 aromatic heterocycles. The van der Waals surface area contributed by atoms with Gasteiger partial charge in [0.2, 0.25) is 0 Å². The lowest BCUT2D eigenvalue weighted by atomic mass is 10.2. The third-order valence-electron chi connectivity index (χ3n) is 3.26. The molecule has 130 valence electrons. The van der Waals surface area contributed by atoms with Crippen LogP contribution in [0.4, 0.5) is 5.69 Å². The van der Waals surface area contributed by atoms with Crippen molar-refractivity contribution in [2.45, 2.75) is 6.92 Å². The van der Waals surface area contributed by atoms with E-state index in [0.29, 0.717) is 17.0 Å². The second kappa shape index (κ2) is 8.54. The summed E-state index contributed by atoms with van der Waals surface area (Å²) < 4.78 is 9.87. The summed E-state index contributed by atoms with van der Waals surface area (Å²) in [4.78, 5) is 23.4. The van der Waals surface area contributed by atoms with Crippen LogP contribution in [0.5, 0.6) is 11.5 Å². The van der Waals surface area contributed by atoms with Gasteiger partial charge < -0.3 is 19.9 Å². The van der Waals surface area contributed by atoms with Crippen molar-refractivity contribution in [3.63, 3.8) is 0 Å². The van der Waals surface area contributed by atoms with E-state index < -0.39 is 11.9 Å². The minimum Gasteiger partial charge on any atom is -0.504 e. The minimum absolute atomic E-state index is 0.00930. The Morgan fingerprint density at radius 1 is 1.20 bits per heavy atom. The average molecular weight is 341 g/mol. The molecule has 2 N–H and O–H groups in total. The van der Waals surface area contributed by atoms with Crippen LogP contribution in [0, 0.1) is 6.92 Å². The van der Waals surface area contributed by atoms with E-state index in [1.165, 1.54) is 25.3 Å². The zero-order valence-corrected chi connectivity index (χ0v) is 14.0. The van der Waals surface area contributed by atoms with Crippen LogP contribution in [-0.4, -0.2) is 30.7 Å². The van der Waals surface area contributed by atoms with Gasteiger partial charge in [0.25, 0.3) is 5.91 Å². The van der Waals surface area contributed by atoms with Gasteiger partial charge >= 0.3 is 5.97 Å². The van der Waals surface area contributed by atoms with E-state index in [9.17, 15) is 14.7 Å². The number of amides is 1. The maximum Gasteiger partial charge on any atom is 0.331 e. The molecular weight excluding hydrogens is 322 g/mol. The van der Waals surface area contributed by atoms with Gasteiger partial charge in [-0.15, -0.1) is 0 Å². The number of hydrogen-bond acceptors (Lipinski definition) is 5. The lowest BCUT2D eigenvalue weighted by Crippen LogP contribution is -2.20. The molecule has 6 nitrogen and oxygen atoms in total. The number of aryl methyl sites for hydroxylation is 1. The first-order chi connectivity index (χ1) is 12.0. The van der Waals surface area contributed by atoms with Gasteiger partial charge in [-0.2, -0.15) is 0 Å². The zero-order valence-electron chi connectivity index (χ0n) is 14.0. The summed E-state index contributed by atoms with van der Waals surface area (Å²) in [7, 11) is 1.43. The van der Waals surface area contributed by atoms with Crippen LogP contribution < -0.4 is 10.1 Å².